The summed E-state index contributed by atoms with van der Waals surface area (Å²) < 4.78 is 21.4. The van der Waals surface area contributed by atoms with Gasteiger partial charge in [0, 0.05) is 45.8 Å². The van der Waals surface area contributed by atoms with E-state index >= 15 is 0 Å². The van der Waals surface area contributed by atoms with Crippen molar-refractivity contribution >= 4 is 56.1 Å². The van der Waals surface area contributed by atoms with Crippen molar-refractivity contribution in [1.29, 1.82) is 0 Å². The first kappa shape index (κ1) is 31.0. The molecular formula is C33H33BrN4O6S. The predicted octanol–water partition coefficient (Wildman–Crippen LogP) is 3.77. The summed E-state index contributed by atoms with van der Waals surface area (Å²) in [6.07, 6.45) is 3.38. The van der Waals surface area contributed by atoms with E-state index in [0.29, 0.717) is 52.6 Å². The molecule has 0 saturated carbocycles. The van der Waals surface area contributed by atoms with E-state index < -0.39 is 12.0 Å². The second-order valence-corrected chi connectivity index (χ2v) is 13.1. The number of rotatable bonds is 7. The fourth-order valence-electron chi connectivity index (χ4n) is 5.79. The highest BCUT2D eigenvalue weighted by molar-refractivity contribution is 9.10. The Balaban J connectivity index is 1.49. The molecule has 45 heavy (non-hydrogen) atoms. The summed E-state index contributed by atoms with van der Waals surface area (Å²) in [4.78, 5) is 47.9. The van der Waals surface area contributed by atoms with Crippen LogP contribution in [0.25, 0.3) is 17.0 Å². The van der Waals surface area contributed by atoms with Gasteiger partial charge in [0.1, 0.15) is 18.3 Å². The van der Waals surface area contributed by atoms with Crippen molar-refractivity contribution in [2.24, 2.45) is 4.99 Å². The highest BCUT2D eigenvalue weighted by Crippen LogP contribution is 2.37. The summed E-state index contributed by atoms with van der Waals surface area (Å²) in [6.45, 7) is 7.71. The number of hydrogen-bond donors (Lipinski definition) is 0. The van der Waals surface area contributed by atoms with Gasteiger partial charge in [0.15, 0.2) is 4.80 Å². The fraction of sp³-hybridized carbons (Fsp3) is 0.333. The lowest BCUT2D eigenvalue weighted by molar-refractivity contribution is -0.143. The van der Waals surface area contributed by atoms with Crippen LogP contribution < -0.4 is 19.6 Å². The number of allylic oxidation sites excluding steroid dienone is 1. The number of nitrogens with zero attached hydrogens (tertiary/aromatic N) is 4. The van der Waals surface area contributed by atoms with Gasteiger partial charge in [-0.25, -0.2) is 9.79 Å². The smallest absolute Gasteiger partial charge is 0.338 e. The monoisotopic (exact) mass is 692 g/mol. The molecule has 0 spiro atoms. The van der Waals surface area contributed by atoms with Crippen LogP contribution in [-0.4, -0.2) is 65.4 Å². The summed E-state index contributed by atoms with van der Waals surface area (Å²) >= 11 is 4.79. The number of carbonyl (C=O) groups excluding carboxylic acids is 2. The van der Waals surface area contributed by atoms with Crippen LogP contribution in [0.4, 0.5) is 0 Å². The molecule has 2 aliphatic heterocycles. The molecule has 10 nitrogen and oxygen atoms in total. The first-order valence-electron chi connectivity index (χ1n) is 14.7. The number of amides is 1. The van der Waals surface area contributed by atoms with Crippen LogP contribution in [0.3, 0.4) is 0 Å². The molecule has 1 fully saturated rings. The third-order valence-electron chi connectivity index (χ3n) is 7.85. The van der Waals surface area contributed by atoms with Gasteiger partial charge in [-0.2, -0.15) is 0 Å². The van der Waals surface area contributed by atoms with Crippen molar-refractivity contribution in [1.82, 2.24) is 14.0 Å². The van der Waals surface area contributed by atoms with Crippen LogP contribution in [0.2, 0.25) is 0 Å². The number of carbonyl (C=O) groups is 2. The minimum atomic E-state index is -0.824. The Morgan fingerprint density at radius 1 is 1.18 bits per heavy atom. The van der Waals surface area contributed by atoms with Crippen LogP contribution >= 0.6 is 27.3 Å². The number of esters is 1. The number of morpholine rings is 1. The Bertz CT molecular complexity index is 2020. The zero-order chi connectivity index (χ0) is 31.8. The molecule has 2 aromatic carbocycles. The Morgan fingerprint density at radius 2 is 1.93 bits per heavy atom. The molecule has 0 aliphatic carbocycles. The maximum atomic E-state index is 14.3. The van der Waals surface area contributed by atoms with E-state index in [1.54, 1.807) is 38.5 Å². The minimum absolute atomic E-state index is 0.0178. The molecule has 0 unspecified atom stereocenters. The van der Waals surface area contributed by atoms with Gasteiger partial charge in [-0.3, -0.25) is 14.2 Å². The molecule has 12 heteroatoms. The van der Waals surface area contributed by atoms with Crippen LogP contribution in [0.5, 0.6) is 5.75 Å². The quantitative estimate of drug-likeness (QED) is 0.273. The number of ether oxygens (including phenoxy) is 3. The number of methoxy groups -OCH3 is 1. The number of para-hydroxylation sites is 1. The van der Waals surface area contributed by atoms with Crippen LogP contribution in [-0.2, 0) is 25.6 Å². The minimum Gasteiger partial charge on any atom is -0.496 e. The summed E-state index contributed by atoms with van der Waals surface area (Å²) in [5.74, 6) is 0.000120. The zero-order valence-electron chi connectivity index (χ0n) is 25.4. The van der Waals surface area contributed by atoms with E-state index in [9.17, 15) is 14.4 Å². The Kier molecular flexibility index (Phi) is 8.80. The van der Waals surface area contributed by atoms with Crippen molar-refractivity contribution in [3.8, 4) is 5.75 Å². The predicted molar refractivity (Wildman–Crippen MR) is 175 cm³/mol. The molecule has 1 amide bonds. The number of hydrogen-bond acceptors (Lipinski definition) is 8. The van der Waals surface area contributed by atoms with E-state index in [1.807, 2.05) is 58.1 Å². The normalized spacial score (nSPS) is 17.1. The summed E-state index contributed by atoms with van der Waals surface area (Å²) in [5.41, 5.74) is 2.77. The van der Waals surface area contributed by atoms with Gasteiger partial charge in [-0.1, -0.05) is 45.5 Å². The molecule has 0 radical (unpaired) electrons. The average molecular weight is 694 g/mol. The zero-order valence-corrected chi connectivity index (χ0v) is 27.8. The second-order valence-electron chi connectivity index (χ2n) is 11.1. The summed E-state index contributed by atoms with van der Waals surface area (Å²) in [5, 5.41) is 0.917. The SMILES string of the molecule is COc1ccc(Br)cc1[C@@H]1C(C(=O)OC(C)C)=C(C)N=c2s/c(=C\c3cn(CC(=O)N4CCOCC4)c4ccccc34)c(=O)n21. The van der Waals surface area contributed by atoms with E-state index in [1.165, 1.54) is 11.3 Å². The lowest BCUT2D eigenvalue weighted by atomic mass is 9.95. The van der Waals surface area contributed by atoms with Crippen LogP contribution in [0.15, 0.2) is 74.2 Å². The Morgan fingerprint density at radius 3 is 2.67 bits per heavy atom. The molecule has 4 aromatic rings. The van der Waals surface area contributed by atoms with E-state index in [4.69, 9.17) is 19.2 Å². The van der Waals surface area contributed by atoms with Gasteiger partial charge in [0.25, 0.3) is 5.56 Å². The first-order valence-corrected chi connectivity index (χ1v) is 16.3. The van der Waals surface area contributed by atoms with Gasteiger partial charge in [-0.15, -0.1) is 0 Å². The molecule has 1 saturated heterocycles. The third kappa shape index (κ3) is 6.01. The molecule has 0 bridgehead atoms. The highest BCUT2D eigenvalue weighted by atomic mass is 79.9. The maximum Gasteiger partial charge on any atom is 0.338 e. The molecule has 234 valence electrons. The molecule has 1 atom stereocenters. The van der Waals surface area contributed by atoms with Gasteiger partial charge < -0.3 is 23.7 Å². The van der Waals surface area contributed by atoms with Crippen molar-refractivity contribution in [2.45, 2.75) is 39.5 Å². The Hall–Kier alpha value is -4.00. The third-order valence-corrected chi connectivity index (χ3v) is 9.32. The van der Waals surface area contributed by atoms with Gasteiger partial charge in [0.2, 0.25) is 5.91 Å². The molecule has 6 rings (SSSR count). The molecule has 4 heterocycles. The molecule has 0 N–H and O–H groups in total. The largest absolute Gasteiger partial charge is 0.496 e. The highest BCUT2D eigenvalue weighted by Gasteiger charge is 2.35. The van der Waals surface area contributed by atoms with Gasteiger partial charge in [-0.05, 0) is 51.1 Å². The number of fused-ring (bicyclic) bond motifs is 2. The standard InChI is InChI=1S/C33H33BrN4O6S/c1-19(2)44-32(41)29-20(3)35-33-38(30(29)24-16-22(34)9-10-26(24)42-4)31(40)27(45-33)15-21-17-37(25-8-6-5-7-23(21)25)18-28(39)36-11-13-43-14-12-36/h5-10,15-17,19,30H,11-14,18H2,1-4H3/b27-15-/t30-/m1/s1. The first-order chi connectivity index (χ1) is 21.7. The molecule has 2 aliphatic rings. The number of halogens is 1. The fourth-order valence-corrected chi connectivity index (χ4v) is 7.21. The van der Waals surface area contributed by atoms with Gasteiger partial charge >= 0.3 is 5.97 Å². The second kappa shape index (κ2) is 12.8. The summed E-state index contributed by atoms with van der Waals surface area (Å²) in [7, 11) is 1.55. The lowest BCUT2D eigenvalue weighted by Gasteiger charge is -2.27. The number of aromatic nitrogens is 2. The van der Waals surface area contributed by atoms with Crippen molar-refractivity contribution in [2.75, 3.05) is 33.4 Å². The lowest BCUT2D eigenvalue weighted by Crippen LogP contribution is -2.42. The van der Waals surface area contributed by atoms with Gasteiger partial charge in [0.05, 0.1) is 42.2 Å². The Labute approximate surface area is 272 Å². The topological polar surface area (TPSA) is 104 Å². The van der Waals surface area contributed by atoms with E-state index in [0.717, 1.165) is 20.9 Å². The number of thiazole rings is 1. The van der Waals surface area contributed by atoms with Crippen molar-refractivity contribution < 1.29 is 23.8 Å². The average Bonchev–Trinajstić information content (AvgIpc) is 3.52. The maximum absolute atomic E-state index is 14.3. The van der Waals surface area contributed by atoms with Crippen molar-refractivity contribution in [3.63, 3.8) is 0 Å². The van der Waals surface area contributed by atoms with Crippen LogP contribution in [0.1, 0.15) is 37.9 Å². The van der Waals surface area contributed by atoms with Crippen molar-refractivity contribution in [3.05, 3.63) is 95.2 Å². The molecule has 2 aromatic heterocycles. The van der Waals surface area contributed by atoms with E-state index in [-0.39, 0.29) is 29.7 Å². The summed E-state index contributed by atoms with van der Waals surface area (Å²) in [6, 6.07) is 12.5. The molecular weight excluding hydrogens is 660 g/mol. The van der Waals surface area contributed by atoms with Crippen LogP contribution in [0, 0.1) is 0 Å². The number of benzene rings is 2. The van der Waals surface area contributed by atoms with E-state index in [2.05, 4.69) is 15.9 Å².